The van der Waals surface area contributed by atoms with E-state index in [1.54, 1.807) is 12.1 Å². The number of halogens is 2. The molecule has 1 heterocycles. The standard InChI is InChI=1S/C33H34BrFN3O2PS/c1-25(2)38-31(32(26-20-22-27(35)23-21-26)36-33(38)37(3)42(4,39)40)24-41(34,28-14-8-5-9-15-28,29-16-10-6-11-17-29)30-18-12-7-13-19-30/h5-23,25H,24H2,1-4H3. The Labute approximate surface area is 255 Å². The molecule has 0 aliphatic carbocycles. The Bertz CT molecular complexity index is 1700. The maximum absolute atomic E-state index is 14.1. The van der Waals surface area contributed by atoms with Crippen molar-refractivity contribution in [1.29, 1.82) is 0 Å². The van der Waals surface area contributed by atoms with Crippen molar-refractivity contribution in [2.75, 3.05) is 17.6 Å². The Balaban J connectivity index is 1.94. The van der Waals surface area contributed by atoms with Crippen LogP contribution < -0.4 is 20.2 Å². The number of sulfonamides is 1. The van der Waals surface area contributed by atoms with Gasteiger partial charge in [0.1, 0.15) is 0 Å². The van der Waals surface area contributed by atoms with Crippen LogP contribution in [-0.4, -0.2) is 31.3 Å². The van der Waals surface area contributed by atoms with E-state index in [9.17, 15) is 12.8 Å². The van der Waals surface area contributed by atoms with Crippen molar-refractivity contribution in [3.63, 3.8) is 0 Å². The topological polar surface area (TPSA) is 55.2 Å². The van der Waals surface area contributed by atoms with Gasteiger partial charge >= 0.3 is 257 Å². The number of hydrogen-bond acceptors (Lipinski definition) is 3. The minimum absolute atomic E-state index is 0.135. The van der Waals surface area contributed by atoms with Gasteiger partial charge in [0, 0.05) is 0 Å². The first-order valence-corrected chi connectivity index (χ1v) is 19.9. The summed E-state index contributed by atoms with van der Waals surface area (Å²) in [6.45, 7) is 4.05. The van der Waals surface area contributed by atoms with E-state index in [0.29, 0.717) is 23.4 Å². The van der Waals surface area contributed by atoms with Crippen molar-refractivity contribution >= 4 is 52.7 Å². The maximum atomic E-state index is 14.1. The zero-order valence-corrected chi connectivity index (χ0v) is 27.3. The summed E-state index contributed by atoms with van der Waals surface area (Å²) in [7, 11) is -2.11. The molecule has 0 amide bonds. The molecule has 5 nitrogen and oxygen atoms in total. The van der Waals surface area contributed by atoms with E-state index in [2.05, 4.69) is 51.9 Å². The normalized spacial score (nSPS) is 13.1. The van der Waals surface area contributed by atoms with Crippen LogP contribution in [0.4, 0.5) is 10.3 Å². The Hall–Kier alpha value is -3.32. The monoisotopic (exact) mass is 665 g/mol. The molecule has 0 saturated heterocycles. The third-order valence-electron chi connectivity index (χ3n) is 7.73. The van der Waals surface area contributed by atoms with Crippen molar-refractivity contribution in [2.45, 2.75) is 26.1 Å². The summed E-state index contributed by atoms with van der Waals surface area (Å²) in [5.41, 5.74) is 2.18. The first kappa shape index (κ1) is 30.1. The first-order chi connectivity index (χ1) is 19.9. The second-order valence-electron chi connectivity index (χ2n) is 10.8. The quantitative estimate of drug-likeness (QED) is 0.159. The number of nitrogens with zero attached hydrogens (tertiary/aromatic N) is 3. The molecule has 5 aromatic rings. The van der Waals surface area contributed by atoms with Crippen LogP contribution in [0.2, 0.25) is 0 Å². The summed E-state index contributed by atoms with van der Waals surface area (Å²) < 4.78 is 43.0. The summed E-state index contributed by atoms with van der Waals surface area (Å²) in [6, 6.07) is 37.3. The summed E-state index contributed by atoms with van der Waals surface area (Å²) in [5, 5.41) is -0.130. The van der Waals surface area contributed by atoms with Crippen LogP contribution in [0.25, 0.3) is 11.3 Å². The van der Waals surface area contributed by atoms with Crippen molar-refractivity contribution in [1.82, 2.24) is 9.55 Å². The van der Waals surface area contributed by atoms with Gasteiger partial charge < -0.3 is 0 Å². The fourth-order valence-corrected chi connectivity index (χ4v) is 13.5. The van der Waals surface area contributed by atoms with Gasteiger partial charge in [-0.2, -0.15) is 0 Å². The van der Waals surface area contributed by atoms with Crippen LogP contribution in [0.5, 0.6) is 0 Å². The van der Waals surface area contributed by atoms with Crippen LogP contribution in [0.1, 0.15) is 25.6 Å². The molecule has 0 radical (unpaired) electrons. The van der Waals surface area contributed by atoms with Gasteiger partial charge in [0.25, 0.3) is 0 Å². The van der Waals surface area contributed by atoms with Gasteiger partial charge in [-0.25, -0.2) is 0 Å². The van der Waals surface area contributed by atoms with E-state index in [4.69, 9.17) is 4.98 Å². The van der Waals surface area contributed by atoms with Gasteiger partial charge in [0.15, 0.2) is 0 Å². The Morgan fingerprint density at radius 1 is 0.810 bits per heavy atom. The van der Waals surface area contributed by atoms with Crippen molar-refractivity contribution < 1.29 is 12.8 Å². The molecule has 0 aliphatic rings. The van der Waals surface area contributed by atoms with Crippen LogP contribution in [0.15, 0.2) is 115 Å². The Morgan fingerprint density at radius 3 is 1.62 bits per heavy atom. The van der Waals surface area contributed by atoms with Crippen molar-refractivity contribution in [2.24, 2.45) is 0 Å². The first-order valence-electron chi connectivity index (χ1n) is 13.7. The molecule has 5 rings (SSSR count). The molecule has 4 aromatic carbocycles. The summed E-state index contributed by atoms with van der Waals surface area (Å²) in [6.07, 6.45) is 1.66. The predicted molar refractivity (Wildman–Crippen MR) is 179 cm³/mol. The number of rotatable bonds is 9. The summed E-state index contributed by atoms with van der Waals surface area (Å²) in [4.78, 5) is 4.98. The van der Waals surface area contributed by atoms with Crippen LogP contribution in [0, 0.1) is 5.82 Å². The molecule has 218 valence electrons. The van der Waals surface area contributed by atoms with Gasteiger partial charge in [-0.05, 0) is 0 Å². The van der Waals surface area contributed by atoms with Crippen LogP contribution in [-0.2, 0) is 16.2 Å². The fraction of sp³-hybridized carbons (Fsp3) is 0.182. The number of benzene rings is 4. The summed E-state index contributed by atoms with van der Waals surface area (Å²) in [5.74, 6) is -0.0383. The molecule has 1 aromatic heterocycles. The van der Waals surface area contributed by atoms with E-state index < -0.39 is 15.3 Å². The van der Waals surface area contributed by atoms with Crippen molar-refractivity contribution in [3.05, 3.63) is 127 Å². The summed E-state index contributed by atoms with van der Waals surface area (Å²) >= 11 is 4.54. The fourth-order valence-electron chi connectivity index (χ4n) is 5.58. The molecule has 0 N–H and O–H groups in total. The second kappa shape index (κ2) is 11.4. The second-order valence-corrected chi connectivity index (χ2v) is 21.7. The molecule has 9 heteroatoms. The molecule has 42 heavy (non-hydrogen) atoms. The zero-order chi connectivity index (χ0) is 30.1. The average Bonchev–Trinajstić information content (AvgIpc) is 3.36. The average molecular weight is 667 g/mol. The molecular weight excluding hydrogens is 632 g/mol. The van der Waals surface area contributed by atoms with Gasteiger partial charge in [-0.15, -0.1) is 0 Å². The molecular formula is C33H34BrFN3O2PS. The third kappa shape index (κ3) is 5.21. The molecule has 0 unspecified atom stereocenters. The molecule has 0 bridgehead atoms. The van der Waals surface area contributed by atoms with Gasteiger partial charge in [0.05, 0.1) is 0 Å². The molecule has 0 fully saturated rings. The number of hydrogen-bond donors (Lipinski definition) is 0. The van der Waals surface area contributed by atoms with E-state index in [1.807, 2.05) is 73.0 Å². The van der Waals surface area contributed by atoms with Crippen LogP contribution in [0.3, 0.4) is 0 Å². The zero-order valence-electron chi connectivity index (χ0n) is 24.0. The van der Waals surface area contributed by atoms with E-state index in [1.165, 1.54) is 29.7 Å². The van der Waals surface area contributed by atoms with Gasteiger partial charge in [-0.1, -0.05) is 0 Å². The number of imidazole rings is 1. The molecule has 0 atom stereocenters. The van der Waals surface area contributed by atoms with Crippen LogP contribution >= 0.6 is 20.8 Å². The minimum atomic E-state index is -3.63. The molecule has 0 spiro atoms. The SMILES string of the molecule is CC(C)n1c(N(C)S(C)(=O)=O)nc(-c2ccc(F)cc2)c1CP(Br)(c1ccccc1)(c1ccccc1)c1ccccc1. The molecule has 0 saturated carbocycles. The van der Waals surface area contributed by atoms with E-state index in [-0.39, 0.29) is 11.9 Å². The van der Waals surface area contributed by atoms with Gasteiger partial charge in [0.2, 0.25) is 0 Å². The third-order valence-corrected chi connectivity index (χ3v) is 18.3. The Kier molecular flexibility index (Phi) is 8.18. The number of aromatic nitrogens is 2. The van der Waals surface area contributed by atoms with Crippen molar-refractivity contribution in [3.8, 4) is 11.3 Å². The molecule has 0 aliphatic heterocycles. The van der Waals surface area contributed by atoms with E-state index >= 15 is 0 Å². The van der Waals surface area contributed by atoms with E-state index in [0.717, 1.165) is 21.6 Å². The Morgan fingerprint density at radius 2 is 1.24 bits per heavy atom. The number of anilines is 1. The van der Waals surface area contributed by atoms with Gasteiger partial charge in [-0.3, -0.25) is 0 Å². The predicted octanol–water partition coefficient (Wildman–Crippen LogP) is 7.01.